The molecule has 0 aliphatic carbocycles. The Morgan fingerprint density at radius 2 is 1.86 bits per heavy atom. The van der Waals surface area contributed by atoms with Gasteiger partial charge in [0.2, 0.25) is 0 Å². The van der Waals surface area contributed by atoms with Gasteiger partial charge in [0.1, 0.15) is 11.6 Å². The highest BCUT2D eigenvalue weighted by molar-refractivity contribution is 6.30. The van der Waals surface area contributed by atoms with Crippen LogP contribution >= 0.6 is 11.6 Å². The van der Waals surface area contributed by atoms with Crippen molar-refractivity contribution in [1.29, 1.82) is 0 Å². The van der Waals surface area contributed by atoms with E-state index < -0.39 is 17.4 Å². The van der Waals surface area contributed by atoms with Crippen molar-refractivity contribution in [2.24, 2.45) is 0 Å². The van der Waals surface area contributed by atoms with Gasteiger partial charge in [0.25, 0.3) is 11.8 Å². The van der Waals surface area contributed by atoms with Crippen molar-refractivity contribution < 1.29 is 22.4 Å². The molecule has 2 heterocycles. The van der Waals surface area contributed by atoms with E-state index in [4.69, 9.17) is 20.4 Å². The number of halogens is 3. The van der Waals surface area contributed by atoms with Crippen LogP contribution in [0.3, 0.4) is 0 Å². The minimum absolute atomic E-state index is 0.0391. The van der Waals surface area contributed by atoms with E-state index in [9.17, 15) is 13.6 Å². The van der Waals surface area contributed by atoms with Crippen molar-refractivity contribution in [2.45, 2.75) is 6.42 Å². The van der Waals surface area contributed by atoms with Crippen LogP contribution in [0.15, 0.2) is 63.6 Å². The molecule has 0 aliphatic heterocycles. The number of nitrogens with zero attached hydrogens (tertiary/aromatic N) is 2. The fourth-order valence-corrected chi connectivity index (χ4v) is 2.89. The first-order chi connectivity index (χ1) is 13.5. The molecule has 140 valence electrons. The lowest BCUT2D eigenvalue weighted by atomic mass is 10.00. The summed E-state index contributed by atoms with van der Waals surface area (Å²) < 4.78 is 39.4. The average molecular weight is 401 g/mol. The van der Waals surface area contributed by atoms with E-state index in [1.165, 1.54) is 36.6 Å². The quantitative estimate of drug-likeness (QED) is 0.422. The molecule has 4 rings (SSSR count). The molecule has 0 saturated heterocycles. The molecule has 0 radical (unpaired) electrons. The molecule has 0 saturated carbocycles. The molecule has 0 fully saturated rings. The van der Waals surface area contributed by atoms with Gasteiger partial charge in [-0.05, 0) is 48.0 Å². The molecule has 2 aromatic heterocycles. The van der Waals surface area contributed by atoms with Gasteiger partial charge in [-0.2, -0.15) is 0 Å². The summed E-state index contributed by atoms with van der Waals surface area (Å²) in [6.07, 6.45) is 1.10. The van der Waals surface area contributed by atoms with Crippen LogP contribution in [0.2, 0.25) is 5.02 Å². The topological polar surface area (TPSA) is 69.1 Å². The fraction of sp³-hybridized carbons (Fsp3) is 0.0500. The lowest BCUT2D eigenvalue weighted by Gasteiger charge is -2.07. The normalized spacial score (nSPS) is 11.0. The van der Waals surface area contributed by atoms with Gasteiger partial charge in [0.05, 0.1) is 17.4 Å². The van der Waals surface area contributed by atoms with Gasteiger partial charge in [-0.3, -0.25) is 4.79 Å². The molecular formula is C20H11ClF2N2O3. The molecule has 0 spiro atoms. The first kappa shape index (κ1) is 18.1. The van der Waals surface area contributed by atoms with E-state index in [1.807, 2.05) is 0 Å². The highest BCUT2D eigenvalue weighted by Crippen LogP contribution is 2.28. The Kier molecular flexibility index (Phi) is 4.75. The third-order valence-electron chi connectivity index (χ3n) is 4.05. The van der Waals surface area contributed by atoms with Gasteiger partial charge in [-0.1, -0.05) is 17.7 Å². The Bertz CT molecular complexity index is 1160. The van der Waals surface area contributed by atoms with Crippen molar-refractivity contribution in [3.8, 4) is 23.1 Å². The van der Waals surface area contributed by atoms with E-state index in [0.717, 1.165) is 6.07 Å². The van der Waals surface area contributed by atoms with E-state index in [-0.39, 0.29) is 39.9 Å². The van der Waals surface area contributed by atoms with Crippen LogP contribution < -0.4 is 0 Å². The van der Waals surface area contributed by atoms with Gasteiger partial charge in [0, 0.05) is 11.4 Å². The third kappa shape index (κ3) is 3.44. The van der Waals surface area contributed by atoms with Gasteiger partial charge < -0.3 is 8.83 Å². The second kappa shape index (κ2) is 7.36. The first-order valence-corrected chi connectivity index (χ1v) is 8.54. The van der Waals surface area contributed by atoms with Crippen LogP contribution in [0.4, 0.5) is 8.78 Å². The van der Waals surface area contributed by atoms with Crippen molar-refractivity contribution in [2.75, 3.05) is 0 Å². The number of hydrogen-bond donors (Lipinski definition) is 0. The van der Waals surface area contributed by atoms with Crippen LogP contribution in [0.1, 0.15) is 15.9 Å². The predicted molar refractivity (Wildman–Crippen MR) is 96.8 cm³/mol. The van der Waals surface area contributed by atoms with Crippen molar-refractivity contribution in [3.05, 3.63) is 82.6 Å². The zero-order valence-corrected chi connectivity index (χ0v) is 14.9. The Hall–Kier alpha value is -3.32. The molecular weight excluding hydrogens is 390 g/mol. The Morgan fingerprint density at radius 1 is 1.04 bits per heavy atom. The number of ketones is 1. The molecule has 0 unspecified atom stereocenters. The molecule has 28 heavy (non-hydrogen) atoms. The average Bonchev–Trinajstić information content (AvgIpc) is 3.36. The highest BCUT2D eigenvalue weighted by Gasteiger charge is 2.21. The van der Waals surface area contributed by atoms with Gasteiger partial charge in [-0.25, -0.2) is 8.78 Å². The molecule has 2 aromatic carbocycles. The number of rotatable bonds is 5. The Morgan fingerprint density at radius 3 is 2.64 bits per heavy atom. The minimum atomic E-state index is -0.829. The van der Waals surface area contributed by atoms with Gasteiger partial charge in [0.15, 0.2) is 11.5 Å². The molecule has 4 aromatic rings. The van der Waals surface area contributed by atoms with Crippen LogP contribution in [0.25, 0.3) is 23.1 Å². The number of furan rings is 1. The fourth-order valence-electron chi connectivity index (χ4n) is 2.69. The summed E-state index contributed by atoms with van der Waals surface area (Å²) in [5.41, 5.74) is -0.169. The van der Waals surface area contributed by atoms with Crippen LogP contribution in [0.5, 0.6) is 0 Å². The van der Waals surface area contributed by atoms with E-state index in [1.54, 1.807) is 12.1 Å². The third-order valence-corrected chi connectivity index (χ3v) is 4.28. The summed E-state index contributed by atoms with van der Waals surface area (Å²) >= 11 is 5.84. The smallest absolute Gasteiger partial charge is 0.283 e. The van der Waals surface area contributed by atoms with E-state index in [0.29, 0.717) is 5.76 Å². The predicted octanol–water partition coefficient (Wildman–Crippen LogP) is 5.35. The maximum atomic E-state index is 15.0. The largest absolute Gasteiger partial charge is 0.459 e. The molecule has 8 heteroatoms. The maximum Gasteiger partial charge on any atom is 0.283 e. The van der Waals surface area contributed by atoms with Crippen molar-refractivity contribution in [3.63, 3.8) is 0 Å². The lowest BCUT2D eigenvalue weighted by molar-refractivity contribution is 0.0988. The van der Waals surface area contributed by atoms with E-state index >= 15 is 0 Å². The standard InChI is InChI=1S/C20H11ClF2N2O3/c21-12-6-7-15(22)11(9-12)10-16(26)13-3-1-4-14(18(13)23)19-24-25-20(28-19)17-5-2-8-27-17/h1-9H,10H2. The summed E-state index contributed by atoms with van der Waals surface area (Å²) in [6, 6.07) is 11.3. The maximum absolute atomic E-state index is 15.0. The molecule has 5 nitrogen and oxygen atoms in total. The Balaban J connectivity index is 1.65. The van der Waals surface area contributed by atoms with Gasteiger partial charge in [-0.15, -0.1) is 10.2 Å². The highest BCUT2D eigenvalue weighted by atomic mass is 35.5. The summed E-state index contributed by atoms with van der Waals surface area (Å²) in [5.74, 6) is -1.71. The zero-order chi connectivity index (χ0) is 19.7. The number of hydrogen-bond acceptors (Lipinski definition) is 5. The van der Waals surface area contributed by atoms with Gasteiger partial charge >= 0.3 is 0 Å². The summed E-state index contributed by atoms with van der Waals surface area (Å²) in [5, 5.41) is 7.91. The van der Waals surface area contributed by atoms with Crippen LogP contribution in [-0.2, 0) is 6.42 Å². The molecule has 0 amide bonds. The first-order valence-electron chi connectivity index (χ1n) is 8.16. The second-order valence-corrected chi connectivity index (χ2v) is 6.33. The summed E-state index contributed by atoms with van der Waals surface area (Å²) in [7, 11) is 0. The van der Waals surface area contributed by atoms with Crippen molar-refractivity contribution in [1.82, 2.24) is 10.2 Å². The van der Waals surface area contributed by atoms with Crippen LogP contribution in [-0.4, -0.2) is 16.0 Å². The molecule has 0 bridgehead atoms. The zero-order valence-electron chi connectivity index (χ0n) is 14.2. The molecule has 0 N–H and O–H groups in total. The summed E-state index contributed by atoms with van der Waals surface area (Å²) in [4.78, 5) is 12.5. The SMILES string of the molecule is O=C(Cc1cc(Cl)ccc1F)c1cccc(-c2nnc(-c3ccco3)o2)c1F. The lowest BCUT2D eigenvalue weighted by Crippen LogP contribution is -2.08. The second-order valence-electron chi connectivity index (χ2n) is 5.89. The molecule has 0 atom stereocenters. The number of carbonyl (C=O) groups excluding carboxylic acids is 1. The number of Topliss-reactive ketones (excluding diaryl/α,β-unsaturated/α-hetero) is 1. The summed E-state index contributed by atoms with van der Waals surface area (Å²) in [6.45, 7) is 0. The Labute approximate surface area is 162 Å². The van der Waals surface area contributed by atoms with Crippen LogP contribution in [0, 0.1) is 11.6 Å². The number of aromatic nitrogens is 2. The van der Waals surface area contributed by atoms with E-state index in [2.05, 4.69) is 10.2 Å². The monoisotopic (exact) mass is 400 g/mol. The minimum Gasteiger partial charge on any atom is -0.459 e. The number of benzene rings is 2. The van der Waals surface area contributed by atoms with Crippen molar-refractivity contribution >= 4 is 17.4 Å². The molecule has 0 aliphatic rings. The number of carbonyl (C=O) groups is 1.